The zero-order chi connectivity index (χ0) is 16.7. The second-order valence-corrected chi connectivity index (χ2v) is 5.61. The molecule has 2 rings (SSSR count). The van der Waals surface area contributed by atoms with Crippen molar-refractivity contribution in [3.63, 3.8) is 0 Å². The molecule has 2 amide bonds. The Bertz CT molecular complexity index is 497. The number of quaternary nitrogens is 1. The number of furan rings is 1. The van der Waals surface area contributed by atoms with E-state index in [1.807, 2.05) is 6.07 Å². The van der Waals surface area contributed by atoms with E-state index in [4.69, 9.17) is 14.3 Å². The van der Waals surface area contributed by atoms with Crippen LogP contribution in [0.15, 0.2) is 22.8 Å². The van der Waals surface area contributed by atoms with Crippen molar-refractivity contribution in [2.45, 2.75) is 19.1 Å². The van der Waals surface area contributed by atoms with Gasteiger partial charge in [0.25, 0.3) is 0 Å². The molecule has 0 bridgehead atoms. The standard InChI is InChI=1S/C15H23N3O5/c1-11(19)9-16-14(20)15(21)17-10-12(13-3-2-6-23-13)18-4-7-22-8-5-18/h2-3,6,11-12,19H,4-5,7-10H2,1H3,(H,16,20)(H,17,21)/p+1/t11-,12+/m1/s1. The molecule has 128 valence electrons. The smallest absolute Gasteiger partial charge is 0.309 e. The van der Waals surface area contributed by atoms with Crippen LogP contribution in [0.4, 0.5) is 0 Å². The Morgan fingerprint density at radius 3 is 2.48 bits per heavy atom. The zero-order valence-electron chi connectivity index (χ0n) is 13.2. The van der Waals surface area contributed by atoms with E-state index in [-0.39, 0.29) is 12.6 Å². The molecular formula is C15H24N3O5+. The van der Waals surface area contributed by atoms with Crippen LogP contribution in [0.5, 0.6) is 0 Å². The number of hydrogen-bond acceptors (Lipinski definition) is 5. The van der Waals surface area contributed by atoms with Gasteiger partial charge < -0.3 is 29.8 Å². The van der Waals surface area contributed by atoms with E-state index in [1.165, 1.54) is 11.8 Å². The summed E-state index contributed by atoms with van der Waals surface area (Å²) in [6, 6.07) is 3.61. The molecule has 1 aliphatic heterocycles. The Morgan fingerprint density at radius 2 is 1.91 bits per heavy atom. The number of nitrogens with one attached hydrogen (secondary N) is 3. The van der Waals surface area contributed by atoms with Crippen LogP contribution in [0.3, 0.4) is 0 Å². The lowest BCUT2D eigenvalue weighted by Gasteiger charge is -2.30. The summed E-state index contributed by atoms with van der Waals surface area (Å²) in [5.41, 5.74) is 0. The number of ether oxygens (including phenoxy) is 1. The number of carbonyl (C=O) groups excluding carboxylic acids is 2. The van der Waals surface area contributed by atoms with Crippen molar-refractivity contribution >= 4 is 11.8 Å². The second kappa shape index (κ2) is 8.66. The third-order valence-corrected chi connectivity index (χ3v) is 3.75. The van der Waals surface area contributed by atoms with Crippen LogP contribution < -0.4 is 15.5 Å². The summed E-state index contributed by atoms with van der Waals surface area (Å²) in [7, 11) is 0. The molecule has 23 heavy (non-hydrogen) atoms. The predicted octanol–water partition coefficient (Wildman–Crippen LogP) is -2.15. The maximum absolute atomic E-state index is 11.8. The maximum atomic E-state index is 11.8. The third kappa shape index (κ3) is 5.34. The van der Waals surface area contributed by atoms with E-state index >= 15 is 0 Å². The summed E-state index contributed by atoms with van der Waals surface area (Å²) in [5.74, 6) is -0.692. The number of hydrogen-bond donors (Lipinski definition) is 4. The first-order chi connectivity index (χ1) is 11.1. The number of amides is 2. The van der Waals surface area contributed by atoms with Crippen molar-refractivity contribution in [2.24, 2.45) is 0 Å². The molecule has 1 saturated heterocycles. The molecule has 2 atom stereocenters. The van der Waals surface area contributed by atoms with Gasteiger partial charge in [0, 0.05) is 6.54 Å². The lowest BCUT2D eigenvalue weighted by Crippen LogP contribution is -3.15. The van der Waals surface area contributed by atoms with Gasteiger partial charge in [0.05, 0.1) is 32.1 Å². The number of carbonyl (C=O) groups is 2. The highest BCUT2D eigenvalue weighted by Gasteiger charge is 2.29. The van der Waals surface area contributed by atoms with Gasteiger partial charge >= 0.3 is 11.8 Å². The summed E-state index contributed by atoms with van der Waals surface area (Å²) in [4.78, 5) is 24.7. The third-order valence-electron chi connectivity index (χ3n) is 3.75. The lowest BCUT2D eigenvalue weighted by atomic mass is 10.1. The summed E-state index contributed by atoms with van der Waals surface area (Å²) in [6.07, 6.45) is 0.903. The van der Waals surface area contributed by atoms with Crippen molar-refractivity contribution in [3.05, 3.63) is 24.2 Å². The van der Waals surface area contributed by atoms with Gasteiger partial charge in [0.15, 0.2) is 11.8 Å². The Kier molecular flexibility index (Phi) is 6.57. The highest BCUT2D eigenvalue weighted by Crippen LogP contribution is 2.09. The van der Waals surface area contributed by atoms with Gasteiger partial charge in [-0.25, -0.2) is 0 Å². The van der Waals surface area contributed by atoms with Crippen LogP contribution in [0.25, 0.3) is 0 Å². The van der Waals surface area contributed by atoms with Crippen LogP contribution in [-0.4, -0.2) is 62.4 Å². The number of rotatable bonds is 6. The van der Waals surface area contributed by atoms with Gasteiger partial charge in [-0.3, -0.25) is 9.59 Å². The van der Waals surface area contributed by atoms with E-state index in [0.29, 0.717) is 19.8 Å². The molecule has 1 fully saturated rings. The summed E-state index contributed by atoms with van der Waals surface area (Å²) >= 11 is 0. The number of morpholine rings is 1. The van der Waals surface area contributed by atoms with Crippen molar-refractivity contribution in [3.8, 4) is 0 Å². The molecule has 4 N–H and O–H groups in total. The minimum Gasteiger partial charge on any atom is -0.463 e. The van der Waals surface area contributed by atoms with Crippen molar-refractivity contribution in [1.82, 2.24) is 10.6 Å². The molecule has 0 radical (unpaired) electrons. The molecule has 1 aromatic rings. The van der Waals surface area contributed by atoms with Crippen LogP contribution >= 0.6 is 0 Å². The lowest BCUT2D eigenvalue weighted by molar-refractivity contribution is -0.938. The normalized spacial score (nSPS) is 18.2. The molecule has 1 aliphatic rings. The van der Waals surface area contributed by atoms with Gasteiger partial charge in [0.1, 0.15) is 13.1 Å². The summed E-state index contributed by atoms with van der Waals surface area (Å²) in [6.45, 7) is 4.83. The average Bonchev–Trinajstić information content (AvgIpc) is 3.07. The average molecular weight is 326 g/mol. The fourth-order valence-electron chi connectivity index (χ4n) is 2.51. The van der Waals surface area contributed by atoms with E-state index in [9.17, 15) is 9.59 Å². The fourth-order valence-corrected chi connectivity index (χ4v) is 2.51. The SMILES string of the molecule is C[C@@H](O)CNC(=O)C(=O)NC[C@@H](c1ccco1)[NH+]1CCOCC1. The molecule has 2 heterocycles. The maximum Gasteiger partial charge on any atom is 0.309 e. The Hall–Kier alpha value is -1.90. The topological polar surface area (TPSA) is 105 Å². The van der Waals surface area contributed by atoms with E-state index in [1.54, 1.807) is 12.3 Å². The van der Waals surface area contributed by atoms with E-state index < -0.39 is 17.9 Å². The fraction of sp³-hybridized carbons (Fsp3) is 0.600. The van der Waals surface area contributed by atoms with Gasteiger partial charge in [0.2, 0.25) is 0 Å². The van der Waals surface area contributed by atoms with Crippen LogP contribution in [-0.2, 0) is 14.3 Å². The Balaban J connectivity index is 1.90. The Morgan fingerprint density at radius 1 is 1.26 bits per heavy atom. The molecular weight excluding hydrogens is 302 g/mol. The van der Waals surface area contributed by atoms with Gasteiger partial charge in [-0.05, 0) is 19.1 Å². The minimum absolute atomic E-state index is 0.0442. The summed E-state index contributed by atoms with van der Waals surface area (Å²) in [5, 5.41) is 14.1. The first kappa shape index (κ1) is 17.5. The first-order valence-corrected chi connectivity index (χ1v) is 7.77. The highest BCUT2D eigenvalue weighted by atomic mass is 16.5. The molecule has 0 unspecified atom stereocenters. The molecule has 8 heteroatoms. The number of aliphatic hydroxyl groups is 1. The molecule has 8 nitrogen and oxygen atoms in total. The molecule has 0 aliphatic carbocycles. The van der Waals surface area contributed by atoms with Gasteiger partial charge in [-0.2, -0.15) is 0 Å². The summed E-state index contributed by atoms with van der Waals surface area (Å²) < 4.78 is 10.8. The largest absolute Gasteiger partial charge is 0.463 e. The number of aliphatic hydroxyl groups excluding tert-OH is 1. The highest BCUT2D eigenvalue weighted by molar-refractivity contribution is 6.35. The second-order valence-electron chi connectivity index (χ2n) is 5.61. The van der Waals surface area contributed by atoms with Crippen LogP contribution in [0.2, 0.25) is 0 Å². The molecule has 0 saturated carbocycles. The minimum atomic E-state index is -0.749. The quantitative estimate of drug-likeness (QED) is 0.446. The van der Waals surface area contributed by atoms with Crippen molar-refractivity contribution in [2.75, 3.05) is 39.4 Å². The zero-order valence-corrected chi connectivity index (χ0v) is 13.2. The van der Waals surface area contributed by atoms with E-state index in [0.717, 1.165) is 18.8 Å². The molecule has 0 spiro atoms. The Labute approximate surface area is 134 Å². The van der Waals surface area contributed by atoms with Gasteiger partial charge in [-0.15, -0.1) is 0 Å². The predicted molar refractivity (Wildman–Crippen MR) is 80.7 cm³/mol. The van der Waals surface area contributed by atoms with Crippen LogP contribution in [0, 0.1) is 0 Å². The first-order valence-electron chi connectivity index (χ1n) is 7.77. The van der Waals surface area contributed by atoms with Crippen molar-refractivity contribution < 1.29 is 28.7 Å². The van der Waals surface area contributed by atoms with E-state index in [2.05, 4.69) is 10.6 Å². The molecule has 1 aromatic heterocycles. The van der Waals surface area contributed by atoms with Gasteiger partial charge in [-0.1, -0.05) is 0 Å². The van der Waals surface area contributed by atoms with Crippen LogP contribution in [0.1, 0.15) is 18.7 Å². The molecule has 0 aromatic carbocycles. The monoisotopic (exact) mass is 326 g/mol. The van der Waals surface area contributed by atoms with Crippen molar-refractivity contribution in [1.29, 1.82) is 0 Å².